The van der Waals surface area contributed by atoms with Crippen molar-refractivity contribution in [1.29, 1.82) is 0 Å². The molecule has 0 bridgehead atoms. The molecular formula is C17H14Br2O2. The van der Waals surface area contributed by atoms with Gasteiger partial charge in [-0.1, -0.05) is 74.3 Å². The van der Waals surface area contributed by atoms with E-state index in [9.17, 15) is 9.59 Å². The Kier molecular flexibility index (Phi) is 5.48. The Labute approximate surface area is 140 Å². The first kappa shape index (κ1) is 16.1. The highest BCUT2D eigenvalue weighted by Gasteiger charge is 2.09. The standard InChI is InChI=1S/C17H14Br2O2/c1-11-8-14(6-7-15(11)17(21)10-19)12-2-4-13(5-3-12)16(20)9-18/h2-8H,9-10H2,1H3. The minimum atomic E-state index is 0.0657. The summed E-state index contributed by atoms with van der Waals surface area (Å²) in [4.78, 5) is 23.3. The van der Waals surface area contributed by atoms with E-state index in [-0.39, 0.29) is 11.6 Å². The largest absolute Gasteiger partial charge is 0.293 e. The molecule has 2 rings (SSSR count). The average molecular weight is 410 g/mol. The molecule has 2 aromatic rings. The number of Topliss-reactive ketones (excluding diaryl/α,β-unsaturated/α-hetero) is 2. The molecule has 0 aliphatic rings. The first-order valence-corrected chi connectivity index (χ1v) is 8.70. The molecular weight excluding hydrogens is 396 g/mol. The number of hydrogen-bond donors (Lipinski definition) is 0. The van der Waals surface area contributed by atoms with E-state index in [0.717, 1.165) is 22.3 Å². The maximum atomic E-state index is 11.7. The Balaban J connectivity index is 2.32. The SMILES string of the molecule is Cc1cc(-c2ccc(C(=O)CBr)cc2)ccc1C(=O)CBr. The van der Waals surface area contributed by atoms with E-state index in [0.29, 0.717) is 16.2 Å². The molecule has 0 spiro atoms. The molecule has 108 valence electrons. The number of ketones is 2. The van der Waals surface area contributed by atoms with Crippen LogP contribution in [0.5, 0.6) is 0 Å². The molecule has 0 aromatic heterocycles. The van der Waals surface area contributed by atoms with Crippen LogP contribution in [0, 0.1) is 6.92 Å². The number of alkyl halides is 2. The number of benzene rings is 2. The number of carbonyl (C=O) groups excluding carboxylic acids is 2. The molecule has 0 aliphatic carbocycles. The summed E-state index contributed by atoms with van der Waals surface area (Å²) < 4.78 is 0. The zero-order valence-corrected chi connectivity index (χ0v) is 14.7. The normalized spacial score (nSPS) is 10.4. The minimum Gasteiger partial charge on any atom is -0.293 e. The van der Waals surface area contributed by atoms with Crippen LogP contribution in [0.4, 0.5) is 0 Å². The topological polar surface area (TPSA) is 34.1 Å². The second-order valence-electron chi connectivity index (χ2n) is 4.72. The number of carbonyl (C=O) groups is 2. The van der Waals surface area contributed by atoms with Crippen molar-refractivity contribution in [3.63, 3.8) is 0 Å². The van der Waals surface area contributed by atoms with Crippen molar-refractivity contribution in [1.82, 2.24) is 0 Å². The Morgan fingerprint density at radius 2 is 1.43 bits per heavy atom. The molecule has 21 heavy (non-hydrogen) atoms. The summed E-state index contributed by atoms with van der Waals surface area (Å²) in [5.74, 6) is 0.147. The van der Waals surface area contributed by atoms with Gasteiger partial charge in [0, 0.05) is 11.1 Å². The predicted octanol–water partition coefficient (Wildman–Crippen LogP) is 4.82. The minimum absolute atomic E-state index is 0.0657. The van der Waals surface area contributed by atoms with Crippen LogP contribution < -0.4 is 0 Å². The van der Waals surface area contributed by atoms with Crippen LogP contribution in [0.25, 0.3) is 11.1 Å². The molecule has 0 unspecified atom stereocenters. The Morgan fingerprint density at radius 3 is 1.95 bits per heavy atom. The fraction of sp³-hybridized carbons (Fsp3) is 0.176. The van der Waals surface area contributed by atoms with Crippen molar-refractivity contribution in [3.8, 4) is 11.1 Å². The summed E-state index contributed by atoms with van der Waals surface area (Å²) in [6.45, 7) is 1.93. The van der Waals surface area contributed by atoms with E-state index < -0.39 is 0 Å². The van der Waals surface area contributed by atoms with Gasteiger partial charge in [0.15, 0.2) is 11.6 Å². The van der Waals surface area contributed by atoms with E-state index in [1.165, 1.54) is 0 Å². The highest BCUT2D eigenvalue weighted by molar-refractivity contribution is 9.09. The van der Waals surface area contributed by atoms with Gasteiger partial charge in [0.2, 0.25) is 0 Å². The van der Waals surface area contributed by atoms with Crippen molar-refractivity contribution in [2.24, 2.45) is 0 Å². The number of hydrogen-bond acceptors (Lipinski definition) is 2. The van der Waals surface area contributed by atoms with Gasteiger partial charge in [0.25, 0.3) is 0 Å². The molecule has 0 aliphatic heterocycles. The van der Waals surface area contributed by atoms with Crippen molar-refractivity contribution in [2.75, 3.05) is 10.7 Å². The molecule has 0 atom stereocenters. The fourth-order valence-electron chi connectivity index (χ4n) is 2.15. The van der Waals surface area contributed by atoms with Crippen molar-refractivity contribution < 1.29 is 9.59 Å². The van der Waals surface area contributed by atoms with Crippen LogP contribution in [0.2, 0.25) is 0 Å². The molecule has 0 heterocycles. The van der Waals surface area contributed by atoms with E-state index in [2.05, 4.69) is 31.9 Å². The summed E-state index contributed by atoms with van der Waals surface area (Å²) in [5.41, 5.74) is 4.45. The lowest BCUT2D eigenvalue weighted by Crippen LogP contribution is -2.02. The lowest BCUT2D eigenvalue weighted by atomic mass is 9.97. The molecule has 0 fully saturated rings. The van der Waals surface area contributed by atoms with Crippen LogP contribution in [-0.2, 0) is 0 Å². The summed E-state index contributed by atoms with van der Waals surface area (Å²) in [6, 6.07) is 13.3. The van der Waals surface area contributed by atoms with Gasteiger partial charge in [-0.2, -0.15) is 0 Å². The summed E-state index contributed by atoms with van der Waals surface area (Å²) in [7, 11) is 0. The summed E-state index contributed by atoms with van der Waals surface area (Å²) in [5, 5.41) is 0.658. The van der Waals surface area contributed by atoms with Gasteiger partial charge in [-0.25, -0.2) is 0 Å². The van der Waals surface area contributed by atoms with E-state index in [1.54, 1.807) is 0 Å². The second kappa shape index (κ2) is 7.14. The molecule has 0 saturated carbocycles. The van der Waals surface area contributed by atoms with Crippen molar-refractivity contribution in [2.45, 2.75) is 6.92 Å². The van der Waals surface area contributed by atoms with Crippen LogP contribution in [0.1, 0.15) is 26.3 Å². The fourth-order valence-corrected chi connectivity index (χ4v) is 2.78. The monoisotopic (exact) mass is 408 g/mol. The third-order valence-electron chi connectivity index (χ3n) is 3.31. The lowest BCUT2D eigenvalue weighted by molar-refractivity contribution is 0.101. The Bertz CT molecular complexity index is 676. The van der Waals surface area contributed by atoms with E-state index >= 15 is 0 Å². The second-order valence-corrected chi connectivity index (χ2v) is 5.84. The third-order valence-corrected chi connectivity index (χ3v) is 4.33. The van der Waals surface area contributed by atoms with Gasteiger partial charge >= 0.3 is 0 Å². The Hall–Kier alpha value is -1.26. The zero-order valence-electron chi connectivity index (χ0n) is 11.5. The molecule has 0 saturated heterocycles. The smallest absolute Gasteiger partial charge is 0.173 e. The summed E-state index contributed by atoms with van der Waals surface area (Å²) in [6.07, 6.45) is 0. The van der Waals surface area contributed by atoms with E-state index in [4.69, 9.17) is 0 Å². The van der Waals surface area contributed by atoms with Gasteiger partial charge in [-0.3, -0.25) is 9.59 Å². The van der Waals surface area contributed by atoms with E-state index in [1.807, 2.05) is 49.4 Å². The molecule has 2 aromatic carbocycles. The molecule has 0 amide bonds. The van der Waals surface area contributed by atoms with Gasteiger partial charge in [0.1, 0.15) is 0 Å². The van der Waals surface area contributed by atoms with Crippen LogP contribution >= 0.6 is 31.9 Å². The van der Waals surface area contributed by atoms with Crippen LogP contribution in [0.3, 0.4) is 0 Å². The van der Waals surface area contributed by atoms with Gasteiger partial charge in [-0.05, 0) is 23.6 Å². The van der Waals surface area contributed by atoms with Crippen LogP contribution in [0.15, 0.2) is 42.5 Å². The predicted molar refractivity (Wildman–Crippen MR) is 92.9 cm³/mol. The molecule has 4 heteroatoms. The highest BCUT2D eigenvalue weighted by Crippen LogP contribution is 2.23. The maximum Gasteiger partial charge on any atom is 0.173 e. The van der Waals surface area contributed by atoms with Gasteiger partial charge in [-0.15, -0.1) is 0 Å². The number of aryl methyl sites for hydroxylation is 1. The van der Waals surface area contributed by atoms with Crippen molar-refractivity contribution in [3.05, 3.63) is 59.2 Å². The van der Waals surface area contributed by atoms with Crippen LogP contribution in [-0.4, -0.2) is 22.2 Å². The Morgan fingerprint density at radius 1 is 0.857 bits per heavy atom. The first-order chi connectivity index (χ1) is 10.1. The molecule has 0 N–H and O–H groups in total. The van der Waals surface area contributed by atoms with Crippen molar-refractivity contribution >= 4 is 43.4 Å². The number of rotatable bonds is 5. The quantitative estimate of drug-likeness (QED) is 0.524. The van der Waals surface area contributed by atoms with Gasteiger partial charge in [0.05, 0.1) is 10.7 Å². The highest BCUT2D eigenvalue weighted by atomic mass is 79.9. The molecule has 2 nitrogen and oxygen atoms in total. The third kappa shape index (κ3) is 3.69. The average Bonchev–Trinajstić information content (AvgIpc) is 2.53. The first-order valence-electron chi connectivity index (χ1n) is 6.46. The maximum absolute atomic E-state index is 11.7. The lowest BCUT2D eigenvalue weighted by Gasteiger charge is -2.08. The number of halogens is 2. The molecule has 0 radical (unpaired) electrons. The summed E-state index contributed by atoms with van der Waals surface area (Å²) >= 11 is 6.36. The van der Waals surface area contributed by atoms with Gasteiger partial charge < -0.3 is 0 Å². The zero-order chi connectivity index (χ0) is 15.4.